The second-order valence-corrected chi connectivity index (χ2v) is 5.23. The maximum Gasteiger partial charge on any atom is 0.118 e. The highest BCUT2D eigenvalue weighted by Gasteiger charge is 2.03. The molecule has 0 atom stereocenters. The lowest BCUT2D eigenvalue weighted by Gasteiger charge is -2.17. The van der Waals surface area contributed by atoms with E-state index in [4.69, 9.17) is 10.3 Å². The molecule has 0 N–H and O–H groups in total. The van der Waals surface area contributed by atoms with Gasteiger partial charge in [0.25, 0.3) is 0 Å². The number of hydrogen-bond acceptors (Lipinski definition) is 3. The average molecular weight is 296 g/mol. The first-order chi connectivity index (χ1) is 10.7. The van der Waals surface area contributed by atoms with Gasteiger partial charge in [-0.1, -0.05) is 41.5 Å². The number of hydrogen-bond donors (Lipinski definition) is 0. The minimum atomic E-state index is 0.395. The van der Waals surface area contributed by atoms with Gasteiger partial charge in [0.15, 0.2) is 0 Å². The topological polar surface area (TPSA) is 61.2 Å². The summed E-state index contributed by atoms with van der Waals surface area (Å²) in [6.07, 6.45) is 0. The fraction of sp³-hybridized carbons (Fsp3) is 0.294. The van der Waals surface area contributed by atoms with Gasteiger partial charge in [-0.3, -0.25) is 4.90 Å². The normalized spacial score (nSPS) is 10.3. The molecule has 22 heavy (non-hydrogen) atoms. The highest BCUT2D eigenvalue weighted by atomic mass is 16.5. The number of rotatable bonds is 7. The van der Waals surface area contributed by atoms with Crippen LogP contribution in [0, 0.1) is 0 Å². The molecule has 0 amide bonds. The Kier molecular flexibility index (Phi) is 5.83. The Labute approximate surface area is 130 Å². The van der Waals surface area contributed by atoms with Crippen LogP contribution < -0.4 is 4.74 Å². The van der Waals surface area contributed by atoms with Crippen LogP contribution in [0.1, 0.15) is 16.7 Å². The zero-order valence-corrected chi connectivity index (χ0v) is 12.9. The second kappa shape index (κ2) is 8.08. The van der Waals surface area contributed by atoms with Crippen molar-refractivity contribution in [2.45, 2.75) is 19.6 Å². The molecule has 0 aliphatic heterocycles. The molecule has 2 aromatic rings. The van der Waals surface area contributed by atoms with Crippen LogP contribution in [-0.4, -0.2) is 19.1 Å². The fourth-order valence-electron chi connectivity index (χ4n) is 2.35. The Hall–Kier alpha value is -2.49. The lowest BCUT2D eigenvalue weighted by molar-refractivity contribution is 0.318. The minimum absolute atomic E-state index is 0.395. The van der Waals surface area contributed by atoms with E-state index in [0.29, 0.717) is 6.54 Å². The molecule has 0 aliphatic carbocycles. The molecule has 2 aromatic carbocycles. The zero-order valence-electron chi connectivity index (χ0n) is 12.9. The third kappa shape index (κ3) is 4.81. The van der Waals surface area contributed by atoms with Crippen LogP contribution in [0.3, 0.4) is 0 Å². The molecule has 2 rings (SSSR count). The van der Waals surface area contributed by atoms with E-state index in [9.17, 15) is 0 Å². The van der Waals surface area contributed by atoms with Gasteiger partial charge in [-0.15, -0.1) is 0 Å². The molecule has 0 heterocycles. The quantitative estimate of drug-likeness (QED) is 0.438. The summed E-state index contributed by atoms with van der Waals surface area (Å²) in [7, 11) is 3.76. The van der Waals surface area contributed by atoms with Crippen LogP contribution >= 0.6 is 0 Å². The van der Waals surface area contributed by atoms with E-state index in [1.807, 2.05) is 24.3 Å². The SMILES string of the molecule is COc1ccc(CN(C)Cc2cccc(CN=[N+]=[N-])c2)cc1. The summed E-state index contributed by atoms with van der Waals surface area (Å²) in [6, 6.07) is 16.2. The van der Waals surface area contributed by atoms with E-state index in [-0.39, 0.29) is 0 Å². The van der Waals surface area contributed by atoms with Crippen molar-refractivity contribution in [3.63, 3.8) is 0 Å². The molecule has 114 valence electrons. The van der Waals surface area contributed by atoms with Crippen LogP contribution in [0.15, 0.2) is 53.6 Å². The smallest absolute Gasteiger partial charge is 0.118 e. The van der Waals surface area contributed by atoms with Gasteiger partial charge < -0.3 is 4.74 Å². The summed E-state index contributed by atoms with van der Waals surface area (Å²) >= 11 is 0. The van der Waals surface area contributed by atoms with Gasteiger partial charge in [-0.2, -0.15) is 0 Å². The molecular formula is C17H20N4O. The third-order valence-corrected chi connectivity index (χ3v) is 3.37. The zero-order chi connectivity index (χ0) is 15.8. The average Bonchev–Trinajstić information content (AvgIpc) is 2.54. The number of benzene rings is 2. The number of methoxy groups -OCH3 is 1. The first-order valence-electron chi connectivity index (χ1n) is 7.11. The molecule has 0 saturated heterocycles. The van der Waals surface area contributed by atoms with E-state index in [2.05, 4.69) is 46.2 Å². The molecule has 0 fully saturated rings. The fourth-order valence-corrected chi connectivity index (χ4v) is 2.35. The van der Waals surface area contributed by atoms with Crippen molar-refractivity contribution in [3.8, 4) is 5.75 Å². The van der Waals surface area contributed by atoms with Crippen molar-refractivity contribution >= 4 is 0 Å². The van der Waals surface area contributed by atoms with Crippen LogP contribution in [0.2, 0.25) is 0 Å². The van der Waals surface area contributed by atoms with E-state index >= 15 is 0 Å². The Morgan fingerprint density at radius 1 is 1.05 bits per heavy atom. The van der Waals surface area contributed by atoms with Crippen LogP contribution in [-0.2, 0) is 19.6 Å². The molecule has 5 heteroatoms. The predicted molar refractivity (Wildman–Crippen MR) is 87.5 cm³/mol. The van der Waals surface area contributed by atoms with E-state index in [0.717, 1.165) is 24.4 Å². The predicted octanol–water partition coefficient (Wildman–Crippen LogP) is 4.14. The third-order valence-electron chi connectivity index (χ3n) is 3.37. The summed E-state index contributed by atoms with van der Waals surface area (Å²) in [5.74, 6) is 0.872. The summed E-state index contributed by atoms with van der Waals surface area (Å²) in [6.45, 7) is 2.10. The standard InChI is InChI=1S/C17H20N4O/c1-21(12-14-6-8-17(22-2)9-7-14)13-16-5-3-4-15(10-16)11-19-20-18/h3-10H,11-13H2,1-2H3. The highest BCUT2D eigenvalue weighted by Crippen LogP contribution is 2.14. The van der Waals surface area contributed by atoms with Crippen molar-refractivity contribution in [2.75, 3.05) is 14.2 Å². The van der Waals surface area contributed by atoms with Gasteiger partial charge in [0, 0.05) is 18.0 Å². The van der Waals surface area contributed by atoms with Crippen molar-refractivity contribution in [3.05, 3.63) is 75.7 Å². The summed E-state index contributed by atoms with van der Waals surface area (Å²) in [4.78, 5) is 5.04. The summed E-state index contributed by atoms with van der Waals surface area (Å²) in [5.41, 5.74) is 11.9. The second-order valence-electron chi connectivity index (χ2n) is 5.23. The number of ether oxygens (including phenoxy) is 1. The van der Waals surface area contributed by atoms with E-state index < -0.39 is 0 Å². The highest BCUT2D eigenvalue weighted by molar-refractivity contribution is 5.27. The molecule has 0 saturated carbocycles. The molecular weight excluding hydrogens is 276 g/mol. The molecule has 0 unspecified atom stereocenters. The van der Waals surface area contributed by atoms with Gasteiger partial charge in [-0.25, -0.2) is 0 Å². The molecule has 0 radical (unpaired) electrons. The Morgan fingerprint density at radius 2 is 1.73 bits per heavy atom. The molecule has 0 aromatic heterocycles. The largest absolute Gasteiger partial charge is 0.497 e. The van der Waals surface area contributed by atoms with Crippen LogP contribution in [0.4, 0.5) is 0 Å². The minimum Gasteiger partial charge on any atom is -0.497 e. The maximum atomic E-state index is 8.38. The van der Waals surface area contributed by atoms with Crippen LogP contribution in [0.5, 0.6) is 5.75 Å². The van der Waals surface area contributed by atoms with Crippen molar-refractivity contribution in [1.82, 2.24) is 4.90 Å². The van der Waals surface area contributed by atoms with E-state index in [1.165, 1.54) is 11.1 Å². The number of nitrogens with zero attached hydrogens (tertiary/aromatic N) is 4. The summed E-state index contributed by atoms with van der Waals surface area (Å²) < 4.78 is 5.17. The summed E-state index contributed by atoms with van der Waals surface area (Å²) in [5, 5.41) is 3.60. The Morgan fingerprint density at radius 3 is 2.41 bits per heavy atom. The molecule has 0 spiro atoms. The maximum absolute atomic E-state index is 8.38. The first kappa shape index (κ1) is 15.9. The van der Waals surface area contributed by atoms with Crippen molar-refractivity contribution in [2.24, 2.45) is 5.11 Å². The van der Waals surface area contributed by atoms with Gasteiger partial charge in [-0.05, 0) is 41.4 Å². The van der Waals surface area contributed by atoms with Crippen LogP contribution in [0.25, 0.3) is 10.4 Å². The molecule has 0 bridgehead atoms. The van der Waals surface area contributed by atoms with Gasteiger partial charge in [0.1, 0.15) is 5.75 Å². The van der Waals surface area contributed by atoms with Gasteiger partial charge >= 0.3 is 0 Å². The van der Waals surface area contributed by atoms with Crippen molar-refractivity contribution < 1.29 is 4.74 Å². The number of azide groups is 1. The lowest BCUT2D eigenvalue weighted by Crippen LogP contribution is -2.17. The molecule has 0 aliphatic rings. The Balaban J connectivity index is 1.95. The monoisotopic (exact) mass is 296 g/mol. The van der Waals surface area contributed by atoms with E-state index in [1.54, 1.807) is 7.11 Å². The van der Waals surface area contributed by atoms with Crippen molar-refractivity contribution in [1.29, 1.82) is 0 Å². The molecule has 5 nitrogen and oxygen atoms in total. The lowest BCUT2D eigenvalue weighted by atomic mass is 10.1. The van der Waals surface area contributed by atoms with Gasteiger partial charge in [0.2, 0.25) is 0 Å². The first-order valence-corrected chi connectivity index (χ1v) is 7.11. The Bertz CT molecular complexity index is 648. The van der Waals surface area contributed by atoms with Gasteiger partial charge in [0.05, 0.1) is 13.7 Å².